The van der Waals surface area contributed by atoms with Crippen LogP contribution < -0.4 is 10.2 Å². The molecule has 1 saturated heterocycles. The molecule has 1 aromatic heterocycles. The first-order valence-electron chi connectivity index (χ1n) is 12.3. The molecule has 0 radical (unpaired) electrons. The van der Waals surface area contributed by atoms with Gasteiger partial charge in [-0.3, -0.25) is 19.4 Å². The number of anilines is 3. The number of carbonyl (C=O) groups is 2. The lowest BCUT2D eigenvalue weighted by atomic mass is 10.1. The smallest absolute Gasteiger partial charge is 0.258 e. The highest BCUT2D eigenvalue weighted by atomic mass is 32.1. The van der Waals surface area contributed by atoms with E-state index in [2.05, 4.69) is 29.0 Å². The minimum absolute atomic E-state index is 0.0275. The molecule has 2 aromatic rings. The van der Waals surface area contributed by atoms with Crippen molar-refractivity contribution in [2.45, 2.75) is 46.6 Å². The van der Waals surface area contributed by atoms with Crippen LogP contribution in [0.5, 0.6) is 0 Å². The van der Waals surface area contributed by atoms with Crippen molar-refractivity contribution in [3.05, 3.63) is 39.6 Å². The summed E-state index contributed by atoms with van der Waals surface area (Å²) in [6.07, 6.45) is 1.19. The van der Waals surface area contributed by atoms with E-state index in [-0.39, 0.29) is 11.8 Å². The van der Waals surface area contributed by atoms with E-state index < -0.39 is 0 Å². The van der Waals surface area contributed by atoms with E-state index in [9.17, 15) is 9.59 Å². The molecule has 0 saturated carbocycles. The van der Waals surface area contributed by atoms with Crippen molar-refractivity contribution in [3.63, 3.8) is 0 Å². The van der Waals surface area contributed by atoms with Gasteiger partial charge in [-0.1, -0.05) is 26.0 Å². The van der Waals surface area contributed by atoms with Gasteiger partial charge in [0.1, 0.15) is 0 Å². The van der Waals surface area contributed by atoms with Crippen molar-refractivity contribution >= 4 is 40.2 Å². The van der Waals surface area contributed by atoms with Crippen molar-refractivity contribution in [2.24, 2.45) is 0 Å². The Labute approximate surface area is 206 Å². The summed E-state index contributed by atoms with van der Waals surface area (Å²) in [4.78, 5) is 35.3. The van der Waals surface area contributed by atoms with Crippen molar-refractivity contribution in [1.29, 1.82) is 0 Å². The van der Waals surface area contributed by atoms with Gasteiger partial charge in [0.2, 0.25) is 5.91 Å². The molecule has 2 amide bonds. The minimum atomic E-state index is -0.146. The van der Waals surface area contributed by atoms with Crippen LogP contribution in [-0.2, 0) is 9.53 Å². The summed E-state index contributed by atoms with van der Waals surface area (Å²) in [5.74, 6) is -0.119. The number of morpholine rings is 1. The molecule has 1 N–H and O–H groups in total. The molecule has 1 aromatic carbocycles. The second-order valence-corrected chi connectivity index (χ2v) is 10.4. The van der Waals surface area contributed by atoms with E-state index in [0.29, 0.717) is 23.7 Å². The summed E-state index contributed by atoms with van der Waals surface area (Å²) in [5.41, 5.74) is 2.76. The zero-order valence-corrected chi connectivity index (χ0v) is 21.5. The Morgan fingerprint density at radius 1 is 1.21 bits per heavy atom. The van der Waals surface area contributed by atoms with Gasteiger partial charge < -0.3 is 15.0 Å². The lowest BCUT2D eigenvalue weighted by Crippen LogP contribution is -2.51. The van der Waals surface area contributed by atoms with Crippen LogP contribution in [0.25, 0.3) is 0 Å². The Morgan fingerprint density at radius 3 is 2.74 bits per heavy atom. The van der Waals surface area contributed by atoms with Crippen LogP contribution in [0.1, 0.15) is 46.8 Å². The van der Waals surface area contributed by atoms with Crippen LogP contribution >= 0.6 is 11.3 Å². The molecule has 1 fully saturated rings. The second kappa shape index (κ2) is 11.0. The molecule has 7 nitrogen and oxygen atoms in total. The van der Waals surface area contributed by atoms with Gasteiger partial charge in [-0.2, -0.15) is 0 Å². The Hall–Kier alpha value is -2.26. The molecule has 0 aliphatic carbocycles. The number of hydrogen-bond donors (Lipinski definition) is 1. The number of amides is 2. The predicted octanol–water partition coefficient (Wildman–Crippen LogP) is 4.42. The molecular formula is C26H36N4O3S. The zero-order chi connectivity index (χ0) is 24.2. The maximum atomic E-state index is 13.7. The summed E-state index contributed by atoms with van der Waals surface area (Å²) in [6.45, 7) is 14.6. The van der Waals surface area contributed by atoms with Gasteiger partial charge in [0.25, 0.3) is 5.91 Å². The summed E-state index contributed by atoms with van der Waals surface area (Å²) >= 11 is 1.57. The molecule has 0 bridgehead atoms. The van der Waals surface area contributed by atoms with Gasteiger partial charge in [0, 0.05) is 35.3 Å². The van der Waals surface area contributed by atoms with E-state index in [1.807, 2.05) is 38.1 Å². The zero-order valence-electron chi connectivity index (χ0n) is 20.7. The molecule has 1 atom stereocenters. The number of fused-ring (bicyclic) bond motifs is 2. The first kappa shape index (κ1) is 24.9. The summed E-state index contributed by atoms with van der Waals surface area (Å²) < 4.78 is 5.76. The fourth-order valence-electron chi connectivity index (χ4n) is 5.02. The third-order valence-electron chi connectivity index (χ3n) is 6.87. The minimum Gasteiger partial charge on any atom is -0.378 e. The van der Waals surface area contributed by atoms with Gasteiger partial charge in [-0.25, -0.2) is 0 Å². The Balaban J connectivity index is 1.51. The summed E-state index contributed by atoms with van der Waals surface area (Å²) in [6, 6.07) is 7.93. The number of rotatable bonds is 8. The van der Waals surface area contributed by atoms with Crippen LogP contribution in [0.15, 0.2) is 24.3 Å². The molecule has 2 aliphatic heterocycles. The van der Waals surface area contributed by atoms with Crippen molar-refractivity contribution in [3.8, 4) is 0 Å². The maximum Gasteiger partial charge on any atom is 0.258 e. The van der Waals surface area contributed by atoms with Crippen LogP contribution in [0.3, 0.4) is 0 Å². The maximum absolute atomic E-state index is 13.7. The van der Waals surface area contributed by atoms with Crippen LogP contribution in [0.2, 0.25) is 0 Å². The first-order chi connectivity index (χ1) is 16.4. The highest BCUT2D eigenvalue weighted by Crippen LogP contribution is 2.44. The Morgan fingerprint density at radius 2 is 1.97 bits per heavy atom. The quantitative estimate of drug-likeness (QED) is 0.601. The Kier molecular flexibility index (Phi) is 8.03. The molecule has 3 heterocycles. The van der Waals surface area contributed by atoms with Crippen molar-refractivity contribution < 1.29 is 14.3 Å². The standard InChI is InChI=1S/C26H36N4O3S/c1-5-28(6-2)16-20-17-33-15-14-29(20)13-9-12-23(31)30-22-11-8-7-10-21(22)27-26(32)24-18(3)34-19(4)25(24)30/h7-8,10-11,20H,5-6,9,12-17H2,1-4H3,(H,27,32). The van der Waals surface area contributed by atoms with Crippen molar-refractivity contribution in [1.82, 2.24) is 9.80 Å². The van der Waals surface area contributed by atoms with Gasteiger partial charge in [0.05, 0.1) is 35.8 Å². The molecule has 0 spiro atoms. The molecular weight excluding hydrogens is 448 g/mol. The average molecular weight is 485 g/mol. The molecule has 34 heavy (non-hydrogen) atoms. The number of nitrogens with zero attached hydrogens (tertiary/aromatic N) is 3. The lowest BCUT2D eigenvalue weighted by molar-refractivity contribution is -0.118. The van der Waals surface area contributed by atoms with Crippen LogP contribution in [-0.4, -0.2) is 73.6 Å². The summed E-state index contributed by atoms with van der Waals surface area (Å²) in [5, 5.41) is 3.01. The third kappa shape index (κ3) is 5.05. The number of likely N-dealkylation sites (N-methyl/N-ethyl adjacent to an activating group) is 1. The fraction of sp³-hybridized carbons (Fsp3) is 0.538. The largest absolute Gasteiger partial charge is 0.378 e. The van der Waals surface area contributed by atoms with Gasteiger partial charge >= 0.3 is 0 Å². The van der Waals surface area contributed by atoms with E-state index >= 15 is 0 Å². The van der Waals surface area contributed by atoms with Crippen molar-refractivity contribution in [2.75, 3.05) is 56.2 Å². The number of nitrogens with one attached hydrogen (secondary N) is 1. The molecule has 4 rings (SSSR count). The molecule has 184 valence electrons. The van der Waals surface area contributed by atoms with E-state index in [4.69, 9.17) is 4.74 Å². The third-order valence-corrected chi connectivity index (χ3v) is 7.88. The number of ether oxygens (including phenoxy) is 1. The SMILES string of the molecule is CCN(CC)CC1COCCN1CCCC(=O)N1c2ccccc2NC(=O)c2c(C)sc(C)c21. The van der Waals surface area contributed by atoms with Crippen LogP contribution in [0, 0.1) is 13.8 Å². The normalized spacial score (nSPS) is 18.4. The number of para-hydroxylation sites is 2. The average Bonchev–Trinajstić information content (AvgIpc) is 3.04. The Bertz CT molecular complexity index is 1030. The predicted molar refractivity (Wildman–Crippen MR) is 139 cm³/mol. The van der Waals surface area contributed by atoms with Gasteiger partial charge in [-0.05, 0) is 52.0 Å². The number of thiophene rings is 1. The van der Waals surface area contributed by atoms with E-state index in [0.717, 1.165) is 73.5 Å². The highest BCUT2D eigenvalue weighted by molar-refractivity contribution is 7.13. The molecule has 8 heteroatoms. The molecule has 2 aliphatic rings. The number of aryl methyl sites for hydroxylation is 2. The van der Waals surface area contributed by atoms with E-state index in [1.54, 1.807) is 16.2 Å². The topological polar surface area (TPSA) is 65.1 Å². The van der Waals surface area contributed by atoms with E-state index in [1.165, 1.54) is 0 Å². The van der Waals surface area contributed by atoms with Gasteiger partial charge in [-0.15, -0.1) is 11.3 Å². The highest BCUT2D eigenvalue weighted by Gasteiger charge is 2.33. The van der Waals surface area contributed by atoms with Crippen LogP contribution in [0.4, 0.5) is 17.1 Å². The number of benzene rings is 1. The number of hydrogen-bond acceptors (Lipinski definition) is 6. The fourth-order valence-corrected chi connectivity index (χ4v) is 6.06. The second-order valence-electron chi connectivity index (χ2n) is 8.99. The first-order valence-corrected chi connectivity index (χ1v) is 13.1. The lowest BCUT2D eigenvalue weighted by Gasteiger charge is -2.38. The molecule has 1 unspecified atom stereocenters. The van der Waals surface area contributed by atoms with Gasteiger partial charge in [0.15, 0.2) is 0 Å². The number of carbonyl (C=O) groups excluding carboxylic acids is 2. The summed E-state index contributed by atoms with van der Waals surface area (Å²) in [7, 11) is 0. The monoisotopic (exact) mass is 484 g/mol.